The normalized spacial score (nSPS) is 25.9. The standard InChI is InChI=1S/C32H32FN3O2/c1-19-18-24(21-8-5-7-11-27(21)34-19)30-35-28(22-9-4-6-10-26(22)33)23-12-13-25-20(2)32(37-16-17-38-32)15-14-31(25,3)29(23)36-30/h4-11,18,20,25H,12-17H2,1-3H3/t20-,25-,31-/m1/s1. The Kier molecular flexibility index (Phi) is 5.43. The van der Waals surface area contributed by atoms with Crippen molar-refractivity contribution in [3.63, 3.8) is 0 Å². The maximum Gasteiger partial charge on any atom is 0.171 e. The number of para-hydroxylation sites is 1. The number of halogens is 1. The zero-order valence-electron chi connectivity index (χ0n) is 22.1. The highest BCUT2D eigenvalue weighted by molar-refractivity contribution is 5.93. The van der Waals surface area contributed by atoms with E-state index in [1.165, 1.54) is 6.07 Å². The summed E-state index contributed by atoms with van der Waals surface area (Å²) in [6.07, 6.45) is 3.50. The summed E-state index contributed by atoms with van der Waals surface area (Å²) in [5.41, 5.74) is 5.92. The average molecular weight is 510 g/mol. The molecular formula is C32H32FN3O2. The predicted molar refractivity (Wildman–Crippen MR) is 145 cm³/mol. The van der Waals surface area contributed by atoms with Crippen LogP contribution in [0.2, 0.25) is 0 Å². The molecule has 2 aromatic carbocycles. The molecule has 2 aromatic heterocycles. The molecule has 194 valence electrons. The molecule has 7 rings (SSSR count). The minimum atomic E-state index is -0.496. The molecule has 1 saturated heterocycles. The average Bonchev–Trinajstić information content (AvgIpc) is 3.41. The molecule has 3 atom stereocenters. The quantitative estimate of drug-likeness (QED) is 0.297. The van der Waals surface area contributed by atoms with E-state index in [-0.39, 0.29) is 17.2 Å². The number of fused-ring (bicyclic) bond motifs is 4. The van der Waals surface area contributed by atoms with Crippen LogP contribution in [0.3, 0.4) is 0 Å². The number of hydrogen-bond acceptors (Lipinski definition) is 5. The Labute approximate surface area is 222 Å². The lowest BCUT2D eigenvalue weighted by molar-refractivity contribution is -0.234. The summed E-state index contributed by atoms with van der Waals surface area (Å²) in [6.45, 7) is 7.92. The van der Waals surface area contributed by atoms with Crippen LogP contribution < -0.4 is 0 Å². The van der Waals surface area contributed by atoms with Gasteiger partial charge in [0.2, 0.25) is 0 Å². The summed E-state index contributed by atoms with van der Waals surface area (Å²) in [5, 5.41) is 0.999. The Morgan fingerprint density at radius 3 is 2.50 bits per heavy atom. The lowest BCUT2D eigenvalue weighted by Gasteiger charge is -2.54. The fraction of sp³-hybridized carbons (Fsp3) is 0.406. The van der Waals surface area contributed by atoms with E-state index in [4.69, 9.17) is 24.4 Å². The van der Waals surface area contributed by atoms with Gasteiger partial charge in [0.05, 0.1) is 30.1 Å². The second kappa shape index (κ2) is 8.65. The van der Waals surface area contributed by atoms with Gasteiger partial charge >= 0.3 is 0 Å². The molecule has 1 aliphatic heterocycles. The number of aromatic nitrogens is 3. The Hall–Kier alpha value is -3.22. The van der Waals surface area contributed by atoms with E-state index in [2.05, 4.69) is 26.0 Å². The molecular weight excluding hydrogens is 477 g/mol. The number of hydrogen-bond donors (Lipinski definition) is 0. The molecule has 38 heavy (non-hydrogen) atoms. The van der Waals surface area contributed by atoms with Gasteiger partial charge < -0.3 is 9.47 Å². The molecule has 0 amide bonds. The molecule has 2 fully saturated rings. The largest absolute Gasteiger partial charge is 0.347 e. The minimum absolute atomic E-state index is 0.191. The maximum atomic E-state index is 15.3. The highest BCUT2D eigenvalue weighted by Crippen LogP contribution is 2.57. The Morgan fingerprint density at radius 2 is 1.68 bits per heavy atom. The van der Waals surface area contributed by atoms with Crippen LogP contribution in [0.15, 0.2) is 54.6 Å². The van der Waals surface area contributed by atoms with Gasteiger partial charge in [-0.3, -0.25) is 4.98 Å². The number of rotatable bonds is 2. The van der Waals surface area contributed by atoms with Gasteiger partial charge in [0.1, 0.15) is 5.82 Å². The van der Waals surface area contributed by atoms with Crippen LogP contribution in [0.5, 0.6) is 0 Å². The Bertz CT molecular complexity index is 1560. The van der Waals surface area contributed by atoms with Crippen molar-refractivity contribution < 1.29 is 13.9 Å². The van der Waals surface area contributed by atoms with Crippen molar-refractivity contribution in [2.75, 3.05) is 13.2 Å². The lowest BCUT2D eigenvalue weighted by atomic mass is 9.54. The fourth-order valence-electron chi connectivity index (χ4n) is 7.43. The van der Waals surface area contributed by atoms with Crippen LogP contribution in [0.4, 0.5) is 4.39 Å². The van der Waals surface area contributed by atoms with E-state index >= 15 is 4.39 Å². The third kappa shape index (κ3) is 3.46. The second-order valence-electron chi connectivity index (χ2n) is 11.4. The molecule has 0 N–H and O–H groups in total. The first-order valence-electron chi connectivity index (χ1n) is 13.7. The van der Waals surface area contributed by atoms with E-state index in [9.17, 15) is 0 Å². The summed E-state index contributed by atoms with van der Waals surface area (Å²) in [4.78, 5) is 15.2. The Morgan fingerprint density at radius 1 is 0.921 bits per heavy atom. The summed E-state index contributed by atoms with van der Waals surface area (Å²) in [6, 6.07) is 17.1. The van der Waals surface area contributed by atoms with Crippen LogP contribution in [-0.2, 0) is 21.3 Å². The number of benzene rings is 2. The van der Waals surface area contributed by atoms with Gasteiger partial charge in [0.25, 0.3) is 0 Å². The highest BCUT2D eigenvalue weighted by Gasteiger charge is 2.57. The first kappa shape index (κ1) is 23.9. The van der Waals surface area contributed by atoms with Gasteiger partial charge in [-0.05, 0) is 56.4 Å². The molecule has 4 aromatic rings. The van der Waals surface area contributed by atoms with E-state index in [0.717, 1.165) is 59.1 Å². The molecule has 2 aliphatic carbocycles. The minimum Gasteiger partial charge on any atom is -0.347 e. The molecule has 1 spiro atoms. The van der Waals surface area contributed by atoms with E-state index in [1.807, 2.05) is 37.3 Å². The van der Waals surface area contributed by atoms with Gasteiger partial charge in [0, 0.05) is 45.5 Å². The maximum absolute atomic E-state index is 15.3. The van der Waals surface area contributed by atoms with Crippen LogP contribution in [0, 0.1) is 24.6 Å². The van der Waals surface area contributed by atoms with Gasteiger partial charge in [-0.1, -0.05) is 44.2 Å². The molecule has 5 nitrogen and oxygen atoms in total. The van der Waals surface area contributed by atoms with E-state index in [0.29, 0.717) is 36.2 Å². The molecule has 1 saturated carbocycles. The van der Waals surface area contributed by atoms with Crippen LogP contribution in [-0.4, -0.2) is 34.0 Å². The summed E-state index contributed by atoms with van der Waals surface area (Å²) >= 11 is 0. The van der Waals surface area contributed by atoms with E-state index < -0.39 is 5.79 Å². The summed E-state index contributed by atoms with van der Waals surface area (Å²) in [5.74, 6) is 0.452. The number of nitrogens with zero attached hydrogens (tertiary/aromatic N) is 3. The molecule has 3 aliphatic rings. The topological polar surface area (TPSA) is 57.1 Å². The first-order chi connectivity index (χ1) is 18.4. The molecule has 6 heteroatoms. The molecule has 3 heterocycles. The second-order valence-corrected chi connectivity index (χ2v) is 11.4. The van der Waals surface area contributed by atoms with Gasteiger partial charge in [-0.2, -0.15) is 0 Å². The number of aryl methyl sites for hydroxylation is 1. The highest BCUT2D eigenvalue weighted by atomic mass is 19.1. The zero-order chi connectivity index (χ0) is 26.1. The lowest BCUT2D eigenvalue weighted by Crippen LogP contribution is -2.55. The summed E-state index contributed by atoms with van der Waals surface area (Å²) in [7, 11) is 0. The van der Waals surface area contributed by atoms with Crippen molar-refractivity contribution in [2.24, 2.45) is 11.8 Å². The van der Waals surface area contributed by atoms with Crippen LogP contribution in [0.25, 0.3) is 33.5 Å². The monoisotopic (exact) mass is 509 g/mol. The van der Waals surface area contributed by atoms with Crippen LogP contribution >= 0.6 is 0 Å². The van der Waals surface area contributed by atoms with Crippen molar-refractivity contribution in [1.82, 2.24) is 15.0 Å². The van der Waals surface area contributed by atoms with Gasteiger partial charge in [-0.15, -0.1) is 0 Å². The van der Waals surface area contributed by atoms with Crippen molar-refractivity contribution in [3.8, 4) is 22.6 Å². The van der Waals surface area contributed by atoms with Crippen molar-refractivity contribution in [2.45, 2.75) is 57.7 Å². The molecule has 0 radical (unpaired) electrons. The molecule has 0 unspecified atom stereocenters. The number of ether oxygens (including phenoxy) is 2. The zero-order valence-corrected chi connectivity index (χ0v) is 22.1. The summed E-state index contributed by atoms with van der Waals surface area (Å²) < 4.78 is 27.7. The van der Waals surface area contributed by atoms with Crippen molar-refractivity contribution >= 4 is 10.9 Å². The Balaban J connectivity index is 1.47. The van der Waals surface area contributed by atoms with Gasteiger partial charge in [0.15, 0.2) is 11.6 Å². The fourth-order valence-corrected chi connectivity index (χ4v) is 7.43. The first-order valence-corrected chi connectivity index (χ1v) is 13.7. The van der Waals surface area contributed by atoms with Crippen molar-refractivity contribution in [3.05, 3.63) is 77.4 Å². The third-order valence-electron chi connectivity index (χ3n) is 9.35. The van der Waals surface area contributed by atoms with E-state index in [1.54, 1.807) is 6.07 Å². The molecule has 0 bridgehead atoms. The number of pyridine rings is 1. The van der Waals surface area contributed by atoms with Crippen LogP contribution in [0.1, 0.15) is 50.1 Å². The third-order valence-corrected chi connectivity index (χ3v) is 9.35. The SMILES string of the molecule is Cc1cc(-c2nc(-c3ccccc3F)c3c(n2)[C@]2(C)CCC4(OCCO4)[C@H](C)[C@H]2CC3)c2ccccc2n1. The van der Waals surface area contributed by atoms with Gasteiger partial charge in [-0.25, -0.2) is 14.4 Å². The predicted octanol–water partition coefficient (Wildman–Crippen LogP) is 6.80. The van der Waals surface area contributed by atoms with Crippen molar-refractivity contribution in [1.29, 1.82) is 0 Å². The smallest absolute Gasteiger partial charge is 0.171 e.